The number of hydrogen-bond donors (Lipinski definition) is 0. The second kappa shape index (κ2) is 5.58. The van der Waals surface area contributed by atoms with E-state index < -0.39 is 8.80 Å². The Hall–Kier alpha value is -0.723. The van der Waals surface area contributed by atoms with E-state index in [-0.39, 0.29) is 0 Å². The van der Waals surface area contributed by atoms with Crippen LogP contribution in [-0.2, 0) is 13.3 Å². The van der Waals surface area contributed by atoms with Crippen LogP contribution < -0.4 is 5.19 Å². The van der Waals surface area contributed by atoms with E-state index in [1.807, 2.05) is 18.2 Å². The summed E-state index contributed by atoms with van der Waals surface area (Å²) < 4.78 is 18.6. The van der Waals surface area contributed by atoms with Crippen molar-refractivity contribution in [1.29, 1.82) is 0 Å². The lowest BCUT2D eigenvalue weighted by atomic mass is 10.1. The van der Waals surface area contributed by atoms with Crippen molar-refractivity contribution in [3.8, 4) is 0 Å². The topological polar surface area (TPSA) is 30.9 Å². The van der Waals surface area contributed by atoms with Crippen molar-refractivity contribution in [1.82, 2.24) is 4.90 Å². The van der Waals surface area contributed by atoms with E-state index in [0.717, 1.165) is 5.19 Å². The average molecular weight is 293 g/mol. The van der Waals surface area contributed by atoms with Gasteiger partial charge in [-0.3, -0.25) is 4.90 Å². The van der Waals surface area contributed by atoms with Crippen LogP contribution in [0.15, 0.2) is 30.3 Å². The van der Waals surface area contributed by atoms with E-state index in [4.69, 9.17) is 13.3 Å². The standard InChI is InChI=1S/C15H23NO3Si/c1-12-9-17-20(15-7-5-4-6-8-15)18-10-13(2)16(12)14(3)11-19-20/h4-8,12-14H,9-11H2,1-3H3/t12-,13-,14-/m1/s1. The SMILES string of the molecule is C[C@@H]1CO[Si]2(c3ccccc3)OC[C@@H](C)N1[C@H](C)CO2. The quantitative estimate of drug-likeness (QED) is 0.732. The Morgan fingerprint density at radius 3 is 1.75 bits per heavy atom. The van der Waals surface area contributed by atoms with Crippen molar-refractivity contribution < 1.29 is 13.3 Å². The Balaban J connectivity index is 1.98. The fourth-order valence-electron chi connectivity index (χ4n) is 3.27. The van der Waals surface area contributed by atoms with Crippen LogP contribution in [0, 0.1) is 0 Å². The number of nitrogens with zero attached hydrogens (tertiary/aromatic N) is 1. The second-order valence-corrected chi connectivity index (χ2v) is 8.41. The molecular weight excluding hydrogens is 270 g/mol. The fraction of sp³-hybridized carbons (Fsp3) is 0.600. The van der Waals surface area contributed by atoms with Crippen molar-refractivity contribution in [2.45, 2.75) is 38.9 Å². The van der Waals surface area contributed by atoms with E-state index in [2.05, 4.69) is 37.8 Å². The first kappa shape index (κ1) is 14.2. The maximum Gasteiger partial charge on any atom is 0.537 e. The first-order valence-corrected chi connectivity index (χ1v) is 9.10. The van der Waals surface area contributed by atoms with Crippen LogP contribution in [0.5, 0.6) is 0 Å². The van der Waals surface area contributed by atoms with Gasteiger partial charge in [-0.25, -0.2) is 0 Å². The van der Waals surface area contributed by atoms with Gasteiger partial charge in [0, 0.05) is 23.3 Å². The van der Waals surface area contributed by atoms with Gasteiger partial charge < -0.3 is 13.3 Å². The summed E-state index contributed by atoms with van der Waals surface area (Å²) in [6.07, 6.45) is 0. The minimum Gasteiger partial charge on any atom is -0.368 e. The smallest absolute Gasteiger partial charge is 0.368 e. The molecule has 0 unspecified atom stereocenters. The zero-order valence-electron chi connectivity index (χ0n) is 12.4. The highest BCUT2D eigenvalue weighted by Crippen LogP contribution is 2.24. The monoisotopic (exact) mass is 293 g/mol. The van der Waals surface area contributed by atoms with Gasteiger partial charge in [0.2, 0.25) is 0 Å². The van der Waals surface area contributed by atoms with Gasteiger partial charge >= 0.3 is 8.80 Å². The molecule has 2 bridgehead atoms. The lowest BCUT2D eigenvalue weighted by molar-refractivity contribution is -0.0677. The van der Waals surface area contributed by atoms with E-state index >= 15 is 0 Å². The second-order valence-electron chi connectivity index (χ2n) is 5.85. The normalized spacial score (nSPS) is 41.8. The third-order valence-corrected chi connectivity index (χ3v) is 6.88. The first-order valence-electron chi connectivity index (χ1n) is 7.37. The zero-order valence-corrected chi connectivity index (χ0v) is 13.4. The van der Waals surface area contributed by atoms with E-state index in [9.17, 15) is 0 Å². The van der Waals surface area contributed by atoms with E-state index in [1.165, 1.54) is 0 Å². The molecule has 3 fully saturated rings. The molecule has 0 spiro atoms. The van der Waals surface area contributed by atoms with Gasteiger partial charge in [-0.15, -0.1) is 0 Å². The molecule has 0 aromatic heterocycles. The molecule has 0 amide bonds. The number of fused-ring (bicyclic) bond motifs is 6. The molecule has 1 aromatic rings. The van der Waals surface area contributed by atoms with E-state index in [0.29, 0.717) is 37.9 Å². The van der Waals surface area contributed by atoms with Gasteiger partial charge in [0.05, 0.1) is 19.8 Å². The molecular formula is C15H23NO3Si. The first-order chi connectivity index (χ1) is 9.62. The van der Waals surface area contributed by atoms with Crippen molar-refractivity contribution in [3.05, 3.63) is 30.3 Å². The van der Waals surface area contributed by atoms with Crippen LogP contribution in [0.1, 0.15) is 20.8 Å². The summed E-state index contributed by atoms with van der Waals surface area (Å²) in [7, 11) is -2.76. The molecule has 1 aromatic carbocycles. The summed E-state index contributed by atoms with van der Waals surface area (Å²) in [4.78, 5) is 2.45. The maximum atomic E-state index is 6.19. The predicted molar refractivity (Wildman–Crippen MR) is 79.9 cm³/mol. The Bertz CT molecular complexity index is 420. The zero-order chi connectivity index (χ0) is 14.2. The minimum atomic E-state index is -2.76. The molecule has 20 heavy (non-hydrogen) atoms. The molecule has 5 heteroatoms. The van der Waals surface area contributed by atoms with E-state index in [1.54, 1.807) is 0 Å². The van der Waals surface area contributed by atoms with Crippen LogP contribution in [0.2, 0.25) is 0 Å². The number of hydrogen-bond acceptors (Lipinski definition) is 4. The summed E-state index contributed by atoms with van der Waals surface area (Å²) in [6, 6.07) is 11.4. The summed E-state index contributed by atoms with van der Waals surface area (Å²) in [5, 5.41) is 1.07. The molecule has 3 atom stereocenters. The highest BCUT2D eigenvalue weighted by atomic mass is 28.4. The minimum absolute atomic E-state index is 0.392. The van der Waals surface area contributed by atoms with Crippen molar-refractivity contribution in [3.63, 3.8) is 0 Å². The molecule has 0 saturated carbocycles. The Kier molecular flexibility index (Phi) is 3.97. The largest absolute Gasteiger partial charge is 0.537 e. The molecule has 4 nitrogen and oxygen atoms in total. The van der Waals surface area contributed by atoms with Crippen molar-refractivity contribution in [2.24, 2.45) is 0 Å². The van der Waals surface area contributed by atoms with Crippen molar-refractivity contribution >= 4 is 14.0 Å². The number of benzene rings is 1. The lowest BCUT2D eigenvalue weighted by Gasteiger charge is -2.47. The Labute approximate surface area is 122 Å². The third-order valence-electron chi connectivity index (χ3n) is 4.20. The molecule has 0 N–H and O–H groups in total. The van der Waals surface area contributed by atoms with Gasteiger partial charge in [0.15, 0.2) is 0 Å². The summed E-state index contributed by atoms with van der Waals surface area (Å²) in [5.74, 6) is 0. The average Bonchev–Trinajstić information content (AvgIpc) is 2.45. The van der Waals surface area contributed by atoms with Crippen LogP contribution in [-0.4, -0.2) is 51.7 Å². The Morgan fingerprint density at radius 2 is 1.30 bits per heavy atom. The van der Waals surface area contributed by atoms with Gasteiger partial charge in [0.1, 0.15) is 0 Å². The van der Waals surface area contributed by atoms with Gasteiger partial charge in [-0.05, 0) is 20.8 Å². The highest BCUT2D eigenvalue weighted by molar-refractivity contribution is 6.75. The molecule has 0 radical (unpaired) electrons. The lowest BCUT2D eigenvalue weighted by Crippen LogP contribution is -2.67. The van der Waals surface area contributed by atoms with Crippen LogP contribution in [0.4, 0.5) is 0 Å². The number of rotatable bonds is 1. The molecule has 3 heterocycles. The van der Waals surface area contributed by atoms with Crippen LogP contribution in [0.3, 0.4) is 0 Å². The summed E-state index contributed by atoms with van der Waals surface area (Å²) in [6.45, 7) is 8.68. The predicted octanol–water partition coefficient (Wildman–Crippen LogP) is 1.38. The molecule has 3 aliphatic heterocycles. The van der Waals surface area contributed by atoms with Gasteiger partial charge in [-0.2, -0.15) is 0 Å². The molecule has 4 rings (SSSR count). The van der Waals surface area contributed by atoms with Gasteiger partial charge in [-0.1, -0.05) is 30.3 Å². The van der Waals surface area contributed by atoms with Crippen LogP contribution in [0.25, 0.3) is 0 Å². The maximum absolute atomic E-state index is 6.19. The molecule has 3 aliphatic rings. The summed E-state index contributed by atoms with van der Waals surface area (Å²) in [5.41, 5.74) is 0. The van der Waals surface area contributed by atoms with Crippen molar-refractivity contribution in [2.75, 3.05) is 19.8 Å². The Morgan fingerprint density at radius 1 is 0.850 bits per heavy atom. The fourth-order valence-corrected chi connectivity index (χ4v) is 6.00. The summed E-state index contributed by atoms with van der Waals surface area (Å²) >= 11 is 0. The molecule has 0 aliphatic carbocycles. The van der Waals surface area contributed by atoms with Crippen LogP contribution >= 0.6 is 0 Å². The molecule has 110 valence electrons. The van der Waals surface area contributed by atoms with Gasteiger partial charge in [0.25, 0.3) is 0 Å². The highest BCUT2D eigenvalue weighted by Gasteiger charge is 2.49. The molecule has 3 saturated heterocycles. The third kappa shape index (κ3) is 2.44.